The van der Waals surface area contributed by atoms with E-state index in [1.807, 2.05) is 18.7 Å². The van der Waals surface area contributed by atoms with Crippen LogP contribution in [0.2, 0.25) is 0 Å². The van der Waals surface area contributed by atoms with Gasteiger partial charge in [0.2, 0.25) is 5.91 Å². The van der Waals surface area contributed by atoms with Crippen molar-refractivity contribution in [1.29, 1.82) is 0 Å². The van der Waals surface area contributed by atoms with Crippen molar-refractivity contribution in [2.24, 2.45) is 11.8 Å². The Morgan fingerprint density at radius 2 is 1.86 bits per heavy atom. The zero-order valence-electron chi connectivity index (χ0n) is 26.3. The Balaban J connectivity index is 1.43. The first-order valence-electron chi connectivity index (χ1n) is 16.6. The predicted molar refractivity (Wildman–Crippen MR) is 181 cm³/mol. The third-order valence-corrected chi connectivity index (χ3v) is 11.0. The van der Waals surface area contributed by atoms with Crippen LogP contribution < -0.4 is 5.32 Å². The molecule has 236 valence electrons. The van der Waals surface area contributed by atoms with Gasteiger partial charge in [-0.05, 0) is 49.3 Å². The third-order valence-electron chi connectivity index (χ3n) is 9.02. The molecule has 0 radical (unpaired) electrons. The van der Waals surface area contributed by atoms with Crippen molar-refractivity contribution >= 4 is 50.8 Å². The molecule has 1 aromatic carbocycles. The summed E-state index contributed by atoms with van der Waals surface area (Å²) >= 11 is 3.59. The van der Waals surface area contributed by atoms with Crippen LogP contribution in [-0.2, 0) is 27.2 Å². The van der Waals surface area contributed by atoms with Crippen molar-refractivity contribution < 1.29 is 14.4 Å². The summed E-state index contributed by atoms with van der Waals surface area (Å²) in [4.78, 5) is 47.0. The smallest absolute Gasteiger partial charge is 0.224 e. The minimum atomic E-state index is -0.457. The number of hydrogen-bond donors (Lipinski definition) is 1. The lowest BCUT2D eigenvalue weighted by atomic mass is 9.83. The summed E-state index contributed by atoms with van der Waals surface area (Å²) < 4.78 is 1.13. The number of carbonyl (C=O) groups is 3. The van der Waals surface area contributed by atoms with E-state index in [9.17, 15) is 14.4 Å². The zero-order chi connectivity index (χ0) is 30.6. The lowest BCUT2D eigenvalue weighted by Crippen LogP contribution is -2.42. The van der Waals surface area contributed by atoms with Gasteiger partial charge in [0.25, 0.3) is 0 Å². The first-order chi connectivity index (χ1) is 20.8. The number of ketones is 2. The molecule has 1 aliphatic carbocycles. The Morgan fingerprint density at radius 1 is 1.09 bits per heavy atom. The van der Waals surface area contributed by atoms with Crippen LogP contribution in [0, 0.1) is 11.8 Å². The maximum absolute atomic E-state index is 13.9. The molecular weight excluding hydrogens is 575 g/mol. The van der Waals surface area contributed by atoms with E-state index in [0.29, 0.717) is 43.7 Å². The number of hydrogen-bond acceptors (Lipinski definition) is 7. The molecule has 2 atom stereocenters. The number of thioether (sulfide) groups is 1. The Labute approximate surface area is 266 Å². The van der Waals surface area contributed by atoms with Gasteiger partial charge in [-0.3, -0.25) is 19.3 Å². The topological polar surface area (TPSA) is 79.4 Å². The van der Waals surface area contributed by atoms with Crippen molar-refractivity contribution in [3.8, 4) is 0 Å². The summed E-state index contributed by atoms with van der Waals surface area (Å²) in [7, 11) is 0. The first-order valence-corrected chi connectivity index (χ1v) is 18.5. The van der Waals surface area contributed by atoms with Crippen molar-refractivity contribution in [3.63, 3.8) is 0 Å². The lowest BCUT2D eigenvalue weighted by Gasteiger charge is -2.29. The van der Waals surface area contributed by atoms with E-state index in [4.69, 9.17) is 4.98 Å². The van der Waals surface area contributed by atoms with E-state index < -0.39 is 5.92 Å². The molecule has 6 nitrogen and oxygen atoms in total. The number of rotatable bonds is 17. The maximum atomic E-state index is 13.9. The van der Waals surface area contributed by atoms with Gasteiger partial charge in [-0.15, -0.1) is 11.3 Å². The quantitative estimate of drug-likeness (QED) is 0.188. The molecule has 0 unspecified atom stereocenters. The van der Waals surface area contributed by atoms with Gasteiger partial charge >= 0.3 is 0 Å². The summed E-state index contributed by atoms with van der Waals surface area (Å²) in [6.45, 7) is 10.9. The SMILES string of the molecule is C=C(CN1CCSCC1)C(=O)CC[C@H](CC1CCCCC1)NC(=O)[C@@H](CC(=O)CCC)Cc1nc2ccc(CC)cc2s1. The van der Waals surface area contributed by atoms with Gasteiger partial charge in [0, 0.05) is 68.4 Å². The first kappa shape index (κ1) is 33.9. The number of amides is 1. The number of aromatic nitrogens is 1. The van der Waals surface area contributed by atoms with Gasteiger partial charge < -0.3 is 5.32 Å². The summed E-state index contributed by atoms with van der Waals surface area (Å²) in [5.41, 5.74) is 2.90. The largest absolute Gasteiger partial charge is 0.353 e. The highest BCUT2D eigenvalue weighted by atomic mass is 32.2. The van der Waals surface area contributed by atoms with E-state index in [-0.39, 0.29) is 29.9 Å². The molecule has 4 rings (SSSR count). The molecule has 1 saturated heterocycles. The molecule has 1 saturated carbocycles. The summed E-state index contributed by atoms with van der Waals surface area (Å²) in [5, 5.41) is 4.25. The highest BCUT2D eigenvalue weighted by Gasteiger charge is 2.28. The predicted octanol–water partition coefficient (Wildman–Crippen LogP) is 7.19. The van der Waals surface area contributed by atoms with E-state index >= 15 is 0 Å². The molecule has 1 aromatic heterocycles. The number of fused-ring (bicyclic) bond motifs is 1. The van der Waals surface area contributed by atoms with Crippen LogP contribution >= 0.6 is 23.1 Å². The molecule has 2 fully saturated rings. The van der Waals surface area contributed by atoms with E-state index in [1.165, 1.54) is 37.7 Å². The molecule has 2 aliphatic rings. The highest BCUT2D eigenvalue weighted by Crippen LogP contribution is 2.30. The van der Waals surface area contributed by atoms with E-state index in [2.05, 4.69) is 41.9 Å². The second-order valence-corrected chi connectivity index (χ2v) is 14.9. The highest BCUT2D eigenvalue weighted by molar-refractivity contribution is 7.99. The Hall–Kier alpha value is -2.03. The van der Waals surface area contributed by atoms with Crippen LogP contribution in [0.25, 0.3) is 10.2 Å². The number of carbonyl (C=O) groups excluding carboxylic acids is 3. The zero-order valence-corrected chi connectivity index (χ0v) is 28.0. The van der Waals surface area contributed by atoms with Crippen LogP contribution in [0.3, 0.4) is 0 Å². The van der Waals surface area contributed by atoms with Gasteiger partial charge in [-0.2, -0.15) is 11.8 Å². The number of thiazole rings is 1. The molecule has 8 heteroatoms. The van der Waals surface area contributed by atoms with Crippen LogP contribution in [0.1, 0.15) is 95.0 Å². The van der Waals surface area contributed by atoms with Crippen molar-refractivity contribution in [2.75, 3.05) is 31.1 Å². The summed E-state index contributed by atoms with van der Waals surface area (Å²) in [6, 6.07) is 6.27. The van der Waals surface area contributed by atoms with Crippen LogP contribution in [0.15, 0.2) is 30.4 Å². The summed E-state index contributed by atoms with van der Waals surface area (Å²) in [5.74, 6) is 2.49. The monoisotopic (exact) mass is 625 g/mol. The Bertz CT molecular complexity index is 1230. The minimum absolute atomic E-state index is 0.0733. The van der Waals surface area contributed by atoms with E-state index in [1.54, 1.807) is 11.3 Å². The fourth-order valence-corrected chi connectivity index (χ4v) is 8.53. The maximum Gasteiger partial charge on any atom is 0.224 e. The number of nitrogens with one attached hydrogen (secondary N) is 1. The average Bonchev–Trinajstić information content (AvgIpc) is 3.42. The third kappa shape index (κ3) is 10.8. The van der Waals surface area contributed by atoms with Crippen LogP contribution in [-0.4, -0.2) is 64.5 Å². The standard InChI is InChI=1S/C35H51N3O3S2/c1-4-9-30(39)22-28(23-34-37-31-14-12-26(5-2)21-33(31)43-34)35(41)36-29(20-27-10-7-6-8-11-27)13-15-32(40)25(3)24-38-16-18-42-19-17-38/h12,14,21,27-29H,3-11,13,15-20,22-24H2,1-2H3,(H,36,41)/t28-,29+/m0/s1. The van der Waals surface area contributed by atoms with Crippen molar-refractivity contribution in [1.82, 2.24) is 15.2 Å². The summed E-state index contributed by atoms with van der Waals surface area (Å²) in [6.07, 6.45) is 11.0. The molecule has 2 aromatic rings. The molecule has 43 heavy (non-hydrogen) atoms. The van der Waals surface area contributed by atoms with Crippen molar-refractivity contribution in [3.05, 3.63) is 40.9 Å². The van der Waals surface area contributed by atoms with Crippen LogP contribution in [0.4, 0.5) is 0 Å². The molecular formula is C35H51N3O3S2. The van der Waals surface area contributed by atoms with Gasteiger partial charge in [-0.25, -0.2) is 4.98 Å². The molecule has 2 heterocycles. The number of nitrogens with zero attached hydrogens (tertiary/aromatic N) is 2. The lowest BCUT2D eigenvalue weighted by molar-refractivity contribution is -0.130. The van der Waals surface area contributed by atoms with Gasteiger partial charge in [0.1, 0.15) is 5.78 Å². The Morgan fingerprint density at radius 3 is 2.58 bits per heavy atom. The number of Topliss-reactive ketones (excluding diaryl/α,β-unsaturated/α-hetero) is 2. The molecule has 1 amide bonds. The van der Waals surface area contributed by atoms with Gasteiger partial charge in [0.15, 0.2) is 5.78 Å². The molecule has 1 N–H and O–H groups in total. The van der Waals surface area contributed by atoms with Gasteiger partial charge in [-0.1, -0.05) is 58.6 Å². The van der Waals surface area contributed by atoms with E-state index in [0.717, 1.165) is 59.1 Å². The second-order valence-electron chi connectivity index (χ2n) is 12.6. The van der Waals surface area contributed by atoms with Gasteiger partial charge in [0.05, 0.1) is 21.1 Å². The fourth-order valence-electron chi connectivity index (χ4n) is 6.44. The van der Waals surface area contributed by atoms with Crippen molar-refractivity contribution in [2.45, 2.75) is 103 Å². The number of benzene rings is 1. The average molecular weight is 626 g/mol. The number of aryl methyl sites for hydroxylation is 1. The fraction of sp³-hybridized carbons (Fsp3) is 0.657. The Kier molecular flexibility index (Phi) is 13.7. The molecule has 1 aliphatic heterocycles. The molecule has 0 spiro atoms. The molecule has 0 bridgehead atoms. The second kappa shape index (κ2) is 17.5. The normalized spacial score (nSPS) is 17.9. The van der Waals surface area contributed by atoms with Crippen LogP contribution in [0.5, 0.6) is 0 Å². The minimum Gasteiger partial charge on any atom is -0.353 e.